The van der Waals surface area contributed by atoms with Crippen LogP contribution in [-0.2, 0) is 19.6 Å². The van der Waals surface area contributed by atoms with Gasteiger partial charge in [0.2, 0.25) is 5.91 Å². The summed E-state index contributed by atoms with van der Waals surface area (Å²) in [4.78, 5) is 22.8. The summed E-state index contributed by atoms with van der Waals surface area (Å²) >= 11 is 6.01. The number of hydrogen-bond donors (Lipinski definition) is 3. The Hall–Kier alpha value is -2.62. The highest BCUT2D eigenvalue weighted by atomic mass is 35.5. The Morgan fingerprint density at radius 3 is 2.30 bits per heavy atom. The van der Waals surface area contributed by atoms with Crippen molar-refractivity contribution in [3.05, 3.63) is 53.1 Å². The third-order valence-corrected chi connectivity index (χ3v) is 5.85. The second-order valence-corrected chi connectivity index (χ2v) is 7.99. The van der Waals surface area contributed by atoms with Crippen molar-refractivity contribution in [2.45, 2.75) is 18.7 Å². The molecule has 0 saturated carbocycles. The Balaban J connectivity index is 2.47. The Kier molecular flexibility index (Phi) is 6.42. The van der Waals surface area contributed by atoms with Crippen LogP contribution in [0.3, 0.4) is 0 Å². The van der Waals surface area contributed by atoms with Gasteiger partial charge < -0.3 is 5.32 Å². The van der Waals surface area contributed by atoms with E-state index < -0.39 is 22.5 Å². The first kappa shape index (κ1) is 20.7. The monoisotopic (exact) mass is 410 g/mol. The van der Waals surface area contributed by atoms with E-state index in [-0.39, 0.29) is 16.5 Å². The summed E-state index contributed by atoms with van der Waals surface area (Å²) in [5.74, 6) is 4.16. The molecule has 2 amide bonds. The minimum absolute atomic E-state index is 0.0472. The van der Waals surface area contributed by atoms with Crippen LogP contribution in [-0.4, -0.2) is 26.8 Å². The number of benzene rings is 2. The Morgan fingerprint density at radius 1 is 1.15 bits per heavy atom. The fraction of sp³-hybridized carbons (Fsp3) is 0.176. The molecular weight excluding hydrogens is 392 g/mol. The van der Waals surface area contributed by atoms with Gasteiger partial charge >= 0.3 is 0 Å². The van der Waals surface area contributed by atoms with Crippen molar-refractivity contribution in [1.29, 1.82) is 0 Å². The van der Waals surface area contributed by atoms with Gasteiger partial charge in [-0.25, -0.2) is 14.3 Å². The van der Waals surface area contributed by atoms with Gasteiger partial charge in [-0.1, -0.05) is 11.6 Å². The fourth-order valence-electron chi connectivity index (χ4n) is 2.32. The van der Waals surface area contributed by atoms with E-state index in [2.05, 4.69) is 5.32 Å². The van der Waals surface area contributed by atoms with Crippen molar-refractivity contribution in [3.8, 4) is 0 Å². The highest BCUT2D eigenvalue weighted by Crippen LogP contribution is 2.28. The largest absolute Gasteiger partial charge is 0.326 e. The number of carbonyl (C=O) groups is 2. The molecule has 0 unspecified atom stereocenters. The summed E-state index contributed by atoms with van der Waals surface area (Å²) < 4.78 is 27.1. The molecule has 0 heterocycles. The number of sulfonamides is 1. The minimum Gasteiger partial charge on any atom is -0.326 e. The first-order chi connectivity index (χ1) is 12.6. The van der Waals surface area contributed by atoms with Gasteiger partial charge in [0.05, 0.1) is 10.6 Å². The van der Waals surface area contributed by atoms with Crippen molar-refractivity contribution < 1.29 is 18.0 Å². The quantitative estimate of drug-likeness (QED) is 0.380. The summed E-state index contributed by atoms with van der Waals surface area (Å²) in [7, 11) is -4.07. The third-order valence-electron chi connectivity index (χ3n) is 3.64. The number of amides is 2. The lowest BCUT2D eigenvalue weighted by atomic mass is 10.2. The van der Waals surface area contributed by atoms with Gasteiger partial charge in [-0.05, 0) is 55.0 Å². The van der Waals surface area contributed by atoms with E-state index >= 15 is 0 Å². The molecule has 0 aliphatic carbocycles. The number of nitrogens with zero attached hydrogens (tertiary/aromatic N) is 1. The van der Waals surface area contributed by atoms with E-state index in [4.69, 9.17) is 17.4 Å². The Labute approximate surface area is 162 Å². The maximum atomic E-state index is 13.1. The van der Waals surface area contributed by atoms with E-state index in [1.54, 1.807) is 19.1 Å². The van der Waals surface area contributed by atoms with E-state index in [9.17, 15) is 18.0 Å². The standard InChI is InChI=1S/C17H19ClN4O4S/c1-11-9-14(5-8-16(11)18)22(10-17(24)21-19)27(25,26)15-6-3-13(4-7-15)20-12(2)23/h3-9H,10,19H2,1-2H3,(H,20,23)(H,21,24). The number of halogens is 1. The second-order valence-electron chi connectivity index (χ2n) is 5.72. The van der Waals surface area contributed by atoms with Crippen molar-refractivity contribution >= 4 is 44.8 Å². The van der Waals surface area contributed by atoms with Gasteiger partial charge in [-0.15, -0.1) is 0 Å². The summed E-state index contributed by atoms with van der Waals surface area (Å²) in [5, 5.41) is 3.03. The summed E-state index contributed by atoms with van der Waals surface area (Å²) in [6.45, 7) is 2.57. The zero-order valence-corrected chi connectivity index (χ0v) is 16.3. The molecule has 0 spiro atoms. The molecule has 4 N–H and O–H groups in total. The molecule has 27 heavy (non-hydrogen) atoms. The van der Waals surface area contributed by atoms with Gasteiger partial charge in [-0.2, -0.15) is 0 Å². The van der Waals surface area contributed by atoms with E-state index in [1.807, 2.05) is 5.43 Å². The second kappa shape index (κ2) is 8.38. The topological polar surface area (TPSA) is 122 Å². The number of anilines is 2. The summed E-state index contributed by atoms with van der Waals surface area (Å²) in [6.07, 6.45) is 0. The third kappa shape index (κ3) is 4.97. The Bertz CT molecular complexity index is 961. The van der Waals surface area contributed by atoms with E-state index in [0.29, 0.717) is 16.3 Å². The molecule has 2 aromatic rings. The molecule has 0 fully saturated rings. The maximum Gasteiger partial charge on any atom is 0.264 e. The molecule has 144 valence electrons. The summed E-state index contributed by atoms with van der Waals surface area (Å²) in [5.41, 5.74) is 3.31. The van der Waals surface area contributed by atoms with Crippen LogP contribution in [0.1, 0.15) is 12.5 Å². The SMILES string of the molecule is CC(=O)Nc1ccc(S(=O)(=O)N(CC(=O)NN)c2ccc(Cl)c(C)c2)cc1. The van der Waals surface area contributed by atoms with E-state index in [0.717, 1.165) is 4.31 Å². The minimum atomic E-state index is -4.07. The molecule has 2 rings (SSSR count). The first-order valence-electron chi connectivity index (χ1n) is 7.81. The summed E-state index contributed by atoms with van der Waals surface area (Å²) in [6, 6.07) is 10.2. The molecule has 0 aromatic heterocycles. The van der Waals surface area contributed by atoms with Crippen molar-refractivity contribution in [2.24, 2.45) is 5.84 Å². The van der Waals surface area contributed by atoms with Crippen molar-refractivity contribution in [1.82, 2.24) is 5.43 Å². The number of nitrogens with one attached hydrogen (secondary N) is 2. The van der Waals surface area contributed by atoms with Crippen LogP contribution in [0.25, 0.3) is 0 Å². The van der Waals surface area contributed by atoms with Crippen LogP contribution in [0, 0.1) is 6.92 Å². The lowest BCUT2D eigenvalue weighted by Crippen LogP contribution is -2.43. The van der Waals surface area contributed by atoms with Crippen LogP contribution in [0.5, 0.6) is 0 Å². The highest BCUT2D eigenvalue weighted by molar-refractivity contribution is 7.92. The average Bonchev–Trinajstić information content (AvgIpc) is 2.61. The van der Waals surface area contributed by atoms with Gasteiger partial charge in [0, 0.05) is 17.6 Å². The predicted molar refractivity (Wildman–Crippen MR) is 104 cm³/mol. The fourth-order valence-corrected chi connectivity index (χ4v) is 3.85. The lowest BCUT2D eigenvalue weighted by molar-refractivity contribution is -0.119. The molecule has 0 radical (unpaired) electrons. The number of rotatable bonds is 6. The molecule has 0 bridgehead atoms. The number of hydrogen-bond acceptors (Lipinski definition) is 5. The maximum absolute atomic E-state index is 13.1. The zero-order chi connectivity index (χ0) is 20.2. The van der Waals surface area contributed by atoms with Crippen LogP contribution in [0.4, 0.5) is 11.4 Å². The predicted octanol–water partition coefficient (Wildman–Crippen LogP) is 1.79. The first-order valence-corrected chi connectivity index (χ1v) is 9.63. The van der Waals surface area contributed by atoms with Crippen LogP contribution in [0.15, 0.2) is 47.4 Å². The van der Waals surface area contributed by atoms with Crippen molar-refractivity contribution in [3.63, 3.8) is 0 Å². The van der Waals surface area contributed by atoms with Crippen LogP contribution < -0.4 is 20.9 Å². The van der Waals surface area contributed by atoms with Crippen LogP contribution >= 0.6 is 11.6 Å². The molecule has 0 atom stereocenters. The lowest BCUT2D eigenvalue weighted by Gasteiger charge is -2.24. The molecule has 2 aromatic carbocycles. The molecule has 0 aliphatic rings. The molecule has 0 saturated heterocycles. The zero-order valence-electron chi connectivity index (χ0n) is 14.7. The normalized spacial score (nSPS) is 11.0. The molecule has 8 nitrogen and oxygen atoms in total. The molecule has 0 aliphatic heterocycles. The van der Waals surface area contributed by atoms with Gasteiger partial charge in [-0.3, -0.25) is 19.3 Å². The molecule has 10 heteroatoms. The van der Waals surface area contributed by atoms with Gasteiger partial charge in [0.15, 0.2) is 0 Å². The number of hydrazine groups is 1. The van der Waals surface area contributed by atoms with Crippen LogP contribution in [0.2, 0.25) is 5.02 Å². The number of nitrogens with two attached hydrogens (primary N) is 1. The highest BCUT2D eigenvalue weighted by Gasteiger charge is 2.27. The number of aryl methyl sites for hydroxylation is 1. The number of carbonyl (C=O) groups excluding carboxylic acids is 2. The van der Waals surface area contributed by atoms with Gasteiger partial charge in [0.1, 0.15) is 6.54 Å². The Morgan fingerprint density at radius 2 is 1.78 bits per heavy atom. The van der Waals surface area contributed by atoms with Gasteiger partial charge in [0.25, 0.3) is 15.9 Å². The molecular formula is C17H19ClN4O4S. The average molecular weight is 411 g/mol. The van der Waals surface area contributed by atoms with E-state index in [1.165, 1.54) is 37.3 Å². The van der Waals surface area contributed by atoms with Crippen molar-refractivity contribution in [2.75, 3.05) is 16.2 Å². The smallest absolute Gasteiger partial charge is 0.264 e.